The molecule has 0 saturated carbocycles. The van der Waals surface area contributed by atoms with Crippen molar-refractivity contribution < 1.29 is 36.9 Å². The normalized spacial score (nSPS) is 12.2. The van der Waals surface area contributed by atoms with Crippen LogP contribution < -0.4 is 9.92 Å². The predicted octanol–water partition coefficient (Wildman–Crippen LogP) is 8.18. The van der Waals surface area contributed by atoms with Gasteiger partial charge in [-0.3, -0.25) is 0 Å². The second kappa shape index (κ2) is 15.3. The van der Waals surface area contributed by atoms with Gasteiger partial charge in [0.2, 0.25) is 0 Å². The summed E-state index contributed by atoms with van der Waals surface area (Å²) in [5.74, 6) is -4.77. The van der Waals surface area contributed by atoms with E-state index in [2.05, 4.69) is 6.58 Å². The number of esters is 1. The van der Waals surface area contributed by atoms with Crippen LogP contribution in [0.4, 0.5) is 17.6 Å². The number of hydrogen-bond donors (Lipinski definition) is 1. The number of carbonyl (C=O) groups is 1. The maximum atomic E-state index is 15.2. The molecule has 4 nitrogen and oxygen atoms in total. The summed E-state index contributed by atoms with van der Waals surface area (Å²) < 4.78 is 71.6. The van der Waals surface area contributed by atoms with Crippen LogP contribution in [-0.4, -0.2) is 39.0 Å². The van der Waals surface area contributed by atoms with Crippen molar-refractivity contribution >= 4 is 19.2 Å². The Morgan fingerprint density at radius 3 is 2.07 bits per heavy atom. The summed E-state index contributed by atoms with van der Waals surface area (Å²) in [5, 5.41) is 9.85. The SMILES string of the molecule is C=C(C)C(=O)OCC(CO)CCCOc1ccc(-c2ccc(-c3ccc([Si](C)(C)CCCC)c(F)c3F)c(F)c2F)cc1. The predicted molar refractivity (Wildman–Crippen MR) is 165 cm³/mol. The fourth-order valence-corrected chi connectivity index (χ4v) is 7.60. The quantitative estimate of drug-likeness (QED) is 0.0615. The summed E-state index contributed by atoms with van der Waals surface area (Å²) >= 11 is 0. The molecule has 0 heterocycles. The van der Waals surface area contributed by atoms with Crippen LogP contribution >= 0.6 is 0 Å². The van der Waals surface area contributed by atoms with Crippen LogP contribution in [-0.2, 0) is 9.53 Å². The van der Waals surface area contributed by atoms with Crippen molar-refractivity contribution in [3.05, 3.63) is 84.0 Å². The number of hydrogen-bond acceptors (Lipinski definition) is 4. The number of aliphatic hydroxyl groups excluding tert-OH is 1. The van der Waals surface area contributed by atoms with Crippen molar-refractivity contribution in [3.63, 3.8) is 0 Å². The van der Waals surface area contributed by atoms with E-state index in [1.165, 1.54) is 24.3 Å². The second-order valence-corrected chi connectivity index (χ2v) is 16.3. The molecule has 3 aromatic carbocycles. The number of unbranched alkanes of at least 4 members (excludes halogenated alkanes) is 1. The lowest BCUT2D eigenvalue weighted by Gasteiger charge is -2.24. The van der Waals surface area contributed by atoms with Crippen LogP contribution in [0.2, 0.25) is 19.1 Å². The minimum atomic E-state index is -2.23. The highest BCUT2D eigenvalue weighted by molar-refractivity contribution is 6.89. The van der Waals surface area contributed by atoms with Gasteiger partial charge in [-0.1, -0.05) is 81.9 Å². The Balaban J connectivity index is 1.68. The number of carbonyl (C=O) groups excluding carboxylic acids is 1. The van der Waals surface area contributed by atoms with E-state index in [1.807, 2.05) is 20.0 Å². The van der Waals surface area contributed by atoms with Crippen molar-refractivity contribution in [2.75, 3.05) is 19.8 Å². The first-order valence-electron chi connectivity index (χ1n) is 14.5. The fourth-order valence-electron chi connectivity index (χ4n) is 4.85. The van der Waals surface area contributed by atoms with Crippen LogP contribution in [0.1, 0.15) is 39.5 Å². The molecule has 3 rings (SSSR count). The number of rotatable bonds is 15. The molecule has 9 heteroatoms. The highest BCUT2D eigenvalue weighted by Gasteiger charge is 2.30. The molecule has 0 radical (unpaired) electrons. The average Bonchev–Trinajstić information content (AvgIpc) is 2.98. The van der Waals surface area contributed by atoms with Gasteiger partial charge in [0, 0.05) is 34.8 Å². The topological polar surface area (TPSA) is 55.8 Å². The first-order valence-corrected chi connectivity index (χ1v) is 17.8. The Hall–Kier alpha value is -3.43. The summed E-state index contributed by atoms with van der Waals surface area (Å²) in [6.07, 6.45) is 3.03. The van der Waals surface area contributed by atoms with Gasteiger partial charge in [0.15, 0.2) is 23.3 Å². The molecule has 1 N–H and O–H groups in total. The highest BCUT2D eigenvalue weighted by Crippen LogP contribution is 2.34. The first kappa shape index (κ1) is 34.1. The maximum Gasteiger partial charge on any atom is 0.333 e. The zero-order chi connectivity index (χ0) is 31.7. The monoisotopic (exact) mass is 616 g/mol. The molecular formula is C34H40F4O4Si. The van der Waals surface area contributed by atoms with Crippen molar-refractivity contribution in [1.82, 2.24) is 0 Å². The molecule has 0 saturated heterocycles. The molecule has 0 aromatic heterocycles. The van der Waals surface area contributed by atoms with Crippen molar-refractivity contribution in [1.29, 1.82) is 0 Å². The van der Waals surface area contributed by atoms with Gasteiger partial charge in [0.05, 0.1) is 21.3 Å². The van der Waals surface area contributed by atoms with Gasteiger partial charge in [0.25, 0.3) is 0 Å². The highest BCUT2D eigenvalue weighted by atomic mass is 28.3. The number of ether oxygens (including phenoxy) is 2. The smallest absolute Gasteiger partial charge is 0.333 e. The largest absolute Gasteiger partial charge is 0.494 e. The van der Waals surface area contributed by atoms with Gasteiger partial charge in [-0.05, 0) is 42.6 Å². The molecule has 0 aliphatic heterocycles. The third-order valence-electron chi connectivity index (χ3n) is 7.59. The summed E-state index contributed by atoms with van der Waals surface area (Å²) in [4.78, 5) is 11.5. The Morgan fingerprint density at radius 2 is 1.47 bits per heavy atom. The molecular weight excluding hydrogens is 576 g/mol. The Labute approximate surface area is 252 Å². The average molecular weight is 617 g/mol. The van der Waals surface area contributed by atoms with E-state index in [4.69, 9.17) is 9.47 Å². The zero-order valence-electron chi connectivity index (χ0n) is 25.2. The third kappa shape index (κ3) is 8.57. The summed E-state index contributed by atoms with van der Waals surface area (Å²) in [6.45, 7) is 11.4. The molecule has 43 heavy (non-hydrogen) atoms. The summed E-state index contributed by atoms with van der Waals surface area (Å²) in [6, 6.07) is 12.7. The van der Waals surface area contributed by atoms with E-state index < -0.39 is 37.3 Å². The minimum absolute atomic E-state index is 0.0199. The van der Waals surface area contributed by atoms with E-state index in [1.54, 1.807) is 31.2 Å². The Kier molecular flexibility index (Phi) is 12.2. The number of halogens is 4. The standard InChI is InChI=1S/C34H40F4O4Si/c1-6-7-19-43(4,5)29-17-16-28(32(37)33(29)38)27-15-14-26(30(35)31(27)36)24-10-12-25(13-11-24)41-18-8-9-23(20-39)21-42-34(40)22(2)3/h10-17,23,39H,2,6-9,18-21H2,1,3-5H3. The minimum Gasteiger partial charge on any atom is -0.494 e. The molecule has 1 atom stereocenters. The van der Waals surface area contributed by atoms with Gasteiger partial charge in [-0.25, -0.2) is 22.4 Å². The molecule has 1 unspecified atom stereocenters. The van der Waals surface area contributed by atoms with Crippen LogP contribution in [0.5, 0.6) is 5.75 Å². The first-order chi connectivity index (χ1) is 20.4. The van der Waals surface area contributed by atoms with Crippen LogP contribution in [0.3, 0.4) is 0 Å². The summed E-state index contributed by atoms with van der Waals surface area (Å²) in [5.41, 5.74) is 0.00659. The molecule has 0 spiro atoms. The van der Waals surface area contributed by atoms with Gasteiger partial charge < -0.3 is 14.6 Å². The lowest BCUT2D eigenvalue weighted by Crippen LogP contribution is -2.43. The second-order valence-electron chi connectivity index (χ2n) is 11.5. The van der Waals surface area contributed by atoms with Gasteiger partial charge >= 0.3 is 5.97 Å². The van der Waals surface area contributed by atoms with Crippen molar-refractivity contribution in [2.24, 2.45) is 5.92 Å². The zero-order valence-corrected chi connectivity index (χ0v) is 26.2. The van der Waals surface area contributed by atoms with Crippen LogP contribution in [0.15, 0.2) is 60.7 Å². The molecule has 0 amide bonds. The molecule has 0 fully saturated rings. The van der Waals surface area contributed by atoms with E-state index in [9.17, 15) is 9.90 Å². The number of aliphatic hydroxyl groups is 1. The van der Waals surface area contributed by atoms with E-state index in [0.717, 1.165) is 18.9 Å². The van der Waals surface area contributed by atoms with E-state index in [-0.39, 0.29) is 35.8 Å². The van der Waals surface area contributed by atoms with Gasteiger partial charge in [0.1, 0.15) is 5.75 Å². The molecule has 0 aliphatic rings. The fraction of sp³-hybridized carbons (Fsp3) is 0.382. The number of benzene rings is 3. The molecule has 3 aromatic rings. The van der Waals surface area contributed by atoms with Crippen LogP contribution in [0.25, 0.3) is 22.3 Å². The van der Waals surface area contributed by atoms with Gasteiger partial charge in [-0.2, -0.15) is 0 Å². The van der Waals surface area contributed by atoms with E-state index in [0.29, 0.717) is 41.5 Å². The van der Waals surface area contributed by atoms with Crippen LogP contribution in [0, 0.1) is 29.2 Å². The Morgan fingerprint density at radius 1 is 0.884 bits per heavy atom. The molecule has 0 bridgehead atoms. The lowest BCUT2D eigenvalue weighted by molar-refractivity contribution is -0.140. The van der Waals surface area contributed by atoms with Gasteiger partial charge in [-0.15, -0.1) is 0 Å². The molecule has 0 aliphatic carbocycles. The van der Waals surface area contributed by atoms with Crippen molar-refractivity contribution in [2.45, 2.75) is 58.7 Å². The Bertz CT molecular complexity index is 1420. The van der Waals surface area contributed by atoms with Crippen molar-refractivity contribution in [3.8, 4) is 28.0 Å². The maximum absolute atomic E-state index is 15.2. The summed E-state index contributed by atoms with van der Waals surface area (Å²) in [7, 11) is -2.23. The van der Waals surface area contributed by atoms with E-state index >= 15 is 17.6 Å². The third-order valence-corrected chi connectivity index (χ3v) is 11.0. The molecule has 232 valence electrons. The lowest BCUT2D eigenvalue weighted by atomic mass is 9.98.